The van der Waals surface area contributed by atoms with Crippen molar-refractivity contribution in [2.24, 2.45) is 5.92 Å². The van der Waals surface area contributed by atoms with E-state index < -0.39 is 23.4 Å². The molecule has 0 aliphatic carbocycles. The first kappa shape index (κ1) is 14.3. The summed E-state index contributed by atoms with van der Waals surface area (Å²) in [5, 5.41) is 11.4. The molecule has 0 bridgehead atoms. The minimum absolute atomic E-state index is 0.228. The van der Waals surface area contributed by atoms with Crippen LogP contribution in [0, 0.1) is 23.1 Å². The molecule has 0 fully saturated rings. The second kappa shape index (κ2) is 6.39. The van der Waals surface area contributed by atoms with Crippen molar-refractivity contribution in [1.29, 1.82) is 5.26 Å². The number of hydrogen-bond acceptors (Lipinski definition) is 4. The van der Waals surface area contributed by atoms with E-state index in [4.69, 9.17) is 5.26 Å². The molecule has 1 atom stereocenters. The van der Waals surface area contributed by atoms with E-state index in [1.165, 1.54) is 48.8 Å². The predicted octanol–water partition coefficient (Wildman–Crippen LogP) is 2.18. The molecule has 6 heteroatoms. The third-order valence-electron chi connectivity index (χ3n) is 2.73. The lowest BCUT2D eigenvalue weighted by Gasteiger charge is -2.09. The van der Waals surface area contributed by atoms with Crippen LogP contribution in [0.4, 0.5) is 10.1 Å². The molecule has 0 aliphatic rings. The quantitative estimate of drug-likeness (QED) is 0.688. The number of anilines is 1. The second-order valence-corrected chi connectivity index (χ2v) is 4.16. The first-order valence-corrected chi connectivity index (χ1v) is 6.02. The minimum Gasteiger partial charge on any atom is -0.325 e. The largest absolute Gasteiger partial charge is 0.325 e. The summed E-state index contributed by atoms with van der Waals surface area (Å²) in [6.07, 6.45) is 2.80. The Morgan fingerprint density at radius 1 is 1.14 bits per heavy atom. The van der Waals surface area contributed by atoms with Gasteiger partial charge < -0.3 is 5.32 Å². The van der Waals surface area contributed by atoms with E-state index in [2.05, 4.69) is 10.3 Å². The lowest BCUT2D eigenvalue weighted by atomic mass is 9.99. The zero-order valence-corrected chi connectivity index (χ0v) is 10.8. The fourth-order valence-electron chi connectivity index (χ4n) is 1.67. The van der Waals surface area contributed by atoms with Gasteiger partial charge >= 0.3 is 0 Å². The van der Waals surface area contributed by atoms with Crippen molar-refractivity contribution in [3.05, 3.63) is 60.2 Å². The van der Waals surface area contributed by atoms with Crippen LogP contribution in [0.3, 0.4) is 0 Å². The van der Waals surface area contributed by atoms with Crippen LogP contribution in [0.2, 0.25) is 0 Å². The summed E-state index contributed by atoms with van der Waals surface area (Å²) < 4.78 is 12.8. The van der Waals surface area contributed by atoms with E-state index >= 15 is 0 Å². The van der Waals surface area contributed by atoms with Gasteiger partial charge in [-0.15, -0.1) is 0 Å². The first-order valence-electron chi connectivity index (χ1n) is 6.02. The summed E-state index contributed by atoms with van der Waals surface area (Å²) >= 11 is 0. The summed E-state index contributed by atoms with van der Waals surface area (Å²) in [5.41, 5.74) is 0.537. The van der Waals surface area contributed by atoms with Crippen LogP contribution in [0.25, 0.3) is 0 Å². The fraction of sp³-hybridized carbons (Fsp3) is 0.0667. The van der Waals surface area contributed by atoms with Gasteiger partial charge in [-0.3, -0.25) is 14.6 Å². The number of nitrogens with one attached hydrogen (secondary N) is 1. The zero-order chi connectivity index (χ0) is 15.2. The molecular weight excluding hydrogens is 273 g/mol. The Bertz CT molecular complexity index is 693. The van der Waals surface area contributed by atoms with Crippen LogP contribution >= 0.6 is 0 Å². The number of rotatable bonds is 4. The van der Waals surface area contributed by atoms with E-state index in [0.29, 0.717) is 5.69 Å². The van der Waals surface area contributed by atoms with Crippen molar-refractivity contribution in [2.45, 2.75) is 0 Å². The van der Waals surface area contributed by atoms with Gasteiger partial charge in [0.25, 0.3) is 0 Å². The smallest absolute Gasteiger partial charge is 0.249 e. The number of ketones is 1. The molecule has 1 aromatic carbocycles. The lowest BCUT2D eigenvalue weighted by molar-refractivity contribution is -0.117. The Kier molecular flexibility index (Phi) is 4.36. The van der Waals surface area contributed by atoms with Gasteiger partial charge in [-0.2, -0.15) is 5.26 Å². The van der Waals surface area contributed by atoms with E-state index in [-0.39, 0.29) is 5.56 Å². The Balaban J connectivity index is 2.14. The highest BCUT2D eigenvalue weighted by Gasteiger charge is 2.27. The van der Waals surface area contributed by atoms with E-state index in [9.17, 15) is 14.0 Å². The number of hydrogen-bond donors (Lipinski definition) is 1. The number of Topliss-reactive ketones (excluding diaryl/α,β-unsaturated/α-hetero) is 1. The third kappa shape index (κ3) is 3.48. The molecule has 0 saturated carbocycles. The maximum atomic E-state index is 12.8. The number of benzene rings is 1. The van der Waals surface area contributed by atoms with Gasteiger partial charge in [0.05, 0.1) is 6.07 Å². The maximum absolute atomic E-state index is 12.8. The van der Waals surface area contributed by atoms with Crippen molar-refractivity contribution < 1.29 is 14.0 Å². The zero-order valence-electron chi connectivity index (χ0n) is 10.8. The van der Waals surface area contributed by atoms with Gasteiger partial charge in [0.15, 0.2) is 11.7 Å². The molecule has 0 spiro atoms. The Morgan fingerprint density at radius 2 is 1.76 bits per heavy atom. The van der Waals surface area contributed by atoms with Crippen molar-refractivity contribution in [1.82, 2.24) is 4.98 Å². The molecule has 104 valence electrons. The SMILES string of the molecule is N#CC(C(=O)Nc1ccc(F)cc1)C(=O)c1ccncc1. The number of nitrogens with zero attached hydrogens (tertiary/aromatic N) is 2. The van der Waals surface area contributed by atoms with E-state index in [0.717, 1.165) is 0 Å². The van der Waals surface area contributed by atoms with Crippen LogP contribution in [-0.2, 0) is 4.79 Å². The summed E-state index contributed by atoms with van der Waals surface area (Å²) in [5.74, 6) is -3.29. The molecule has 0 radical (unpaired) electrons. The van der Waals surface area contributed by atoms with Crippen molar-refractivity contribution in [3.8, 4) is 6.07 Å². The van der Waals surface area contributed by atoms with Crippen LogP contribution < -0.4 is 5.32 Å². The third-order valence-corrected chi connectivity index (χ3v) is 2.73. The standard InChI is InChI=1S/C15H10FN3O2/c16-11-1-3-12(4-2-11)19-15(21)13(9-17)14(20)10-5-7-18-8-6-10/h1-8,13H,(H,19,21). The summed E-state index contributed by atoms with van der Waals surface area (Å²) in [7, 11) is 0. The molecule has 0 saturated heterocycles. The summed E-state index contributed by atoms with van der Waals surface area (Å²) in [4.78, 5) is 27.8. The molecular formula is C15H10FN3O2. The van der Waals surface area contributed by atoms with Gasteiger partial charge in [-0.05, 0) is 36.4 Å². The number of carbonyl (C=O) groups excluding carboxylic acids is 2. The molecule has 5 nitrogen and oxygen atoms in total. The molecule has 1 aromatic heterocycles. The van der Waals surface area contributed by atoms with Crippen LogP contribution in [0.15, 0.2) is 48.8 Å². The van der Waals surface area contributed by atoms with Gasteiger partial charge in [0, 0.05) is 23.6 Å². The van der Waals surface area contributed by atoms with Crippen LogP contribution in [0.5, 0.6) is 0 Å². The number of nitriles is 1. The number of pyridine rings is 1. The van der Waals surface area contributed by atoms with Crippen LogP contribution in [-0.4, -0.2) is 16.7 Å². The van der Waals surface area contributed by atoms with E-state index in [1.807, 2.05) is 0 Å². The molecule has 0 aliphatic heterocycles. The molecule has 2 rings (SSSR count). The average Bonchev–Trinajstić information content (AvgIpc) is 2.51. The molecule has 1 amide bonds. The summed E-state index contributed by atoms with van der Waals surface area (Å²) in [6.45, 7) is 0. The summed E-state index contributed by atoms with van der Waals surface area (Å²) in [6, 6.07) is 9.56. The topological polar surface area (TPSA) is 82.9 Å². The number of carbonyl (C=O) groups is 2. The number of halogens is 1. The Labute approximate surface area is 120 Å². The molecule has 1 heterocycles. The van der Waals surface area contributed by atoms with Gasteiger partial charge in [-0.25, -0.2) is 4.39 Å². The number of aromatic nitrogens is 1. The molecule has 1 unspecified atom stereocenters. The molecule has 1 N–H and O–H groups in total. The molecule has 21 heavy (non-hydrogen) atoms. The van der Waals surface area contributed by atoms with Gasteiger partial charge in [0.2, 0.25) is 5.91 Å². The van der Waals surface area contributed by atoms with Crippen molar-refractivity contribution in [3.63, 3.8) is 0 Å². The highest BCUT2D eigenvalue weighted by atomic mass is 19.1. The Hall–Kier alpha value is -3.07. The van der Waals surface area contributed by atoms with Crippen molar-refractivity contribution >= 4 is 17.4 Å². The average molecular weight is 283 g/mol. The van der Waals surface area contributed by atoms with Crippen molar-refractivity contribution in [2.75, 3.05) is 5.32 Å². The van der Waals surface area contributed by atoms with Gasteiger partial charge in [-0.1, -0.05) is 0 Å². The fourth-order valence-corrected chi connectivity index (χ4v) is 1.67. The highest BCUT2D eigenvalue weighted by molar-refractivity contribution is 6.15. The van der Waals surface area contributed by atoms with E-state index in [1.54, 1.807) is 6.07 Å². The second-order valence-electron chi connectivity index (χ2n) is 4.16. The maximum Gasteiger partial charge on any atom is 0.249 e. The highest BCUT2D eigenvalue weighted by Crippen LogP contribution is 2.13. The molecule has 2 aromatic rings. The Morgan fingerprint density at radius 3 is 2.33 bits per heavy atom. The van der Waals surface area contributed by atoms with Crippen LogP contribution in [0.1, 0.15) is 10.4 Å². The normalized spacial score (nSPS) is 11.2. The van der Waals surface area contributed by atoms with Gasteiger partial charge in [0.1, 0.15) is 5.82 Å². The number of amides is 1. The monoisotopic (exact) mass is 283 g/mol. The predicted molar refractivity (Wildman–Crippen MR) is 72.7 cm³/mol. The minimum atomic E-state index is -1.47. The lowest BCUT2D eigenvalue weighted by Crippen LogP contribution is -2.28. The first-order chi connectivity index (χ1) is 10.1.